The molecule has 0 heterocycles. The van der Waals surface area contributed by atoms with Gasteiger partial charge in [0.25, 0.3) is 0 Å². The third-order valence-corrected chi connectivity index (χ3v) is 25.7. The van der Waals surface area contributed by atoms with Gasteiger partial charge in [0, 0.05) is 66.3 Å². The number of carbonyl (C=O) groups excluding carboxylic acids is 3. The van der Waals surface area contributed by atoms with Gasteiger partial charge in [-0.05, 0) is 269 Å². The summed E-state index contributed by atoms with van der Waals surface area (Å²) in [6.45, 7) is 18.8. The van der Waals surface area contributed by atoms with Gasteiger partial charge in [0.2, 0.25) is 0 Å². The Morgan fingerprint density at radius 1 is 0.211 bits per heavy atom. The lowest BCUT2D eigenvalue weighted by molar-refractivity contribution is 0.100. The van der Waals surface area contributed by atoms with Gasteiger partial charge in [0.1, 0.15) is 0 Å². The molecule has 13 rings (SSSR count). The molecule has 582 valence electrons. The molecule has 0 N–H and O–H groups in total. The summed E-state index contributed by atoms with van der Waals surface area (Å²) in [5.41, 5.74) is 31.5. The van der Waals surface area contributed by atoms with E-state index in [-0.39, 0.29) is 33.6 Å². The molecule has 10 aromatic rings. The fraction of sp³-hybridized carbons (Fsp3) is 0.378. The number of fused-ring (bicyclic) bond motifs is 9. The van der Waals surface area contributed by atoms with E-state index in [2.05, 4.69) is 204 Å². The third kappa shape index (κ3) is 18.2. The smallest absolute Gasteiger partial charge is 0.159 e. The van der Waals surface area contributed by atoms with Crippen molar-refractivity contribution in [1.29, 1.82) is 0 Å². The number of carbonyl (C=O) groups is 3. The molecule has 0 amide bonds. The maximum atomic E-state index is 12.3. The van der Waals surface area contributed by atoms with Crippen molar-refractivity contribution in [3.05, 3.63) is 284 Å². The molecule has 0 aromatic heterocycles. The maximum absolute atomic E-state index is 12.3. The number of unbranched alkanes of at least 4 members (excludes halogenated alkanes) is 18. The molecule has 0 unspecified atom stereocenters. The Labute approximate surface area is 684 Å². The lowest BCUT2D eigenvalue weighted by Gasteiger charge is -2.33. The van der Waals surface area contributed by atoms with E-state index < -0.39 is 0 Å². The quantitative estimate of drug-likeness (QED) is 0.0223. The van der Waals surface area contributed by atoms with Crippen molar-refractivity contribution in [3.63, 3.8) is 0 Å². The Hall–Kier alpha value is -10.1. The summed E-state index contributed by atoms with van der Waals surface area (Å²) in [5.74, 6) is 21.5. The minimum atomic E-state index is -0.205. The number of hydrogen-bond acceptors (Lipinski definition) is 3. The summed E-state index contributed by atoms with van der Waals surface area (Å²) >= 11 is 0. The van der Waals surface area contributed by atoms with Crippen LogP contribution >= 0.6 is 0 Å². The molecule has 10 aromatic carbocycles. The van der Waals surface area contributed by atoms with Crippen LogP contribution in [-0.2, 0) is 16.2 Å². The van der Waals surface area contributed by atoms with E-state index in [9.17, 15) is 14.4 Å². The molecular formula is C111H120O3. The predicted octanol–water partition coefficient (Wildman–Crippen LogP) is 30.1. The molecule has 0 atom stereocenters. The summed E-state index contributed by atoms with van der Waals surface area (Å²) in [7, 11) is 0. The molecule has 0 aliphatic heterocycles. The molecule has 0 bridgehead atoms. The highest BCUT2D eigenvalue weighted by Gasteiger charge is 2.46. The van der Waals surface area contributed by atoms with Crippen LogP contribution in [0, 0.1) is 35.5 Å². The molecule has 0 saturated carbocycles. The van der Waals surface area contributed by atoms with Gasteiger partial charge in [-0.2, -0.15) is 0 Å². The van der Waals surface area contributed by atoms with Crippen molar-refractivity contribution in [3.8, 4) is 102 Å². The van der Waals surface area contributed by atoms with Crippen LogP contribution in [0.5, 0.6) is 0 Å². The highest BCUT2D eigenvalue weighted by molar-refractivity contribution is 5.96. The average Bonchev–Trinajstić information content (AvgIpc) is 1.58. The Balaban J connectivity index is 1.00. The molecule has 0 spiro atoms. The van der Waals surface area contributed by atoms with Crippen molar-refractivity contribution < 1.29 is 14.4 Å². The zero-order valence-electron chi connectivity index (χ0n) is 70.0. The first-order valence-electron chi connectivity index (χ1n) is 44.1. The molecule has 114 heavy (non-hydrogen) atoms. The van der Waals surface area contributed by atoms with Crippen LogP contribution in [0.2, 0.25) is 0 Å². The Kier molecular flexibility index (Phi) is 27.5. The molecule has 3 heteroatoms. The molecule has 3 aliphatic rings. The lowest BCUT2D eigenvalue weighted by Crippen LogP contribution is -2.26. The average molecular weight is 1500 g/mol. The number of rotatable bonds is 36. The van der Waals surface area contributed by atoms with Gasteiger partial charge in [0.05, 0.1) is 0 Å². The second-order valence-electron chi connectivity index (χ2n) is 33.6. The van der Waals surface area contributed by atoms with Crippen LogP contribution in [-0.4, -0.2) is 17.3 Å². The van der Waals surface area contributed by atoms with Gasteiger partial charge in [-0.25, -0.2) is 0 Å². The fourth-order valence-corrected chi connectivity index (χ4v) is 19.3. The first-order chi connectivity index (χ1) is 55.7. The molecular weight excluding hydrogens is 1380 g/mol. The van der Waals surface area contributed by atoms with E-state index in [0.717, 1.165) is 110 Å². The topological polar surface area (TPSA) is 51.2 Å². The Morgan fingerprint density at radius 2 is 0.404 bits per heavy atom. The van der Waals surface area contributed by atoms with Crippen LogP contribution in [0.25, 0.3) is 66.8 Å². The largest absolute Gasteiger partial charge is 0.295 e. The van der Waals surface area contributed by atoms with Crippen molar-refractivity contribution >= 4 is 17.3 Å². The van der Waals surface area contributed by atoms with Gasteiger partial charge in [-0.15, -0.1) is 0 Å². The zero-order chi connectivity index (χ0) is 79.6. The minimum Gasteiger partial charge on any atom is -0.295 e. The first-order valence-corrected chi connectivity index (χ1v) is 44.1. The van der Waals surface area contributed by atoms with Crippen LogP contribution in [0.15, 0.2) is 200 Å². The zero-order valence-corrected chi connectivity index (χ0v) is 70.0. The number of Topliss-reactive ketones (excluding diaryl/α,β-unsaturated/α-hetero) is 3. The number of benzene rings is 10. The van der Waals surface area contributed by atoms with E-state index in [1.807, 2.05) is 72.8 Å². The van der Waals surface area contributed by atoms with E-state index in [0.29, 0.717) is 16.7 Å². The Bertz CT molecular complexity index is 4710. The second-order valence-corrected chi connectivity index (χ2v) is 33.6. The monoisotopic (exact) mass is 1500 g/mol. The Morgan fingerprint density at radius 3 is 0.614 bits per heavy atom. The predicted molar refractivity (Wildman–Crippen MR) is 481 cm³/mol. The summed E-state index contributed by atoms with van der Waals surface area (Å²) in [5, 5.41) is 0. The first kappa shape index (κ1) is 81.9. The maximum Gasteiger partial charge on any atom is 0.159 e. The second kappa shape index (κ2) is 38.4. The molecule has 3 nitrogen and oxygen atoms in total. The minimum absolute atomic E-state index is 0.0606. The lowest BCUT2D eigenvalue weighted by atomic mass is 9.69. The number of ketones is 3. The van der Waals surface area contributed by atoms with Crippen LogP contribution in [0.1, 0.15) is 353 Å². The summed E-state index contributed by atoms with van der Waals surface area (Å²) < 4.78 is 0. The van der Waals surface area contributed by atoms with Crippen LogP contribution in [0.4, 0.5) is 0 Å². The van der Waals surface area contributed by atoms with Crippen LogP contribution in [0.3, 0.4) is 0 Å². The normalized spacial score (nSPS) is 13.2. The standard InChI is InChI=1S/C111H120O3/c1-10-16-22-28-64-109(65-29-23-17-11-2)103-70-85(37-34-82-40-49-88(50-41-82)79(7)112)46-58-97(103)100-61-55-91(76-106(100)109)94-73-95(92-56-62-101-98-59-47-86(38-35-83-42-51-89(52-43-83)80(8)113)71-104(98)110(107(101)77-92,66-30-24-18-12-3)67-31-25-19-13-4)75-96(74-94)93-57-63-102-99-60-48-87(39-36-84-44-53-90(54-45-84)81(9)114)72-105(99)111(108(102)78-93,68-32-26-20-14-5)69-33-27-21-15-6/h40-63,70-78H,10-33,64-69H2,1-9H3. The highest BCUT2D eigenvalue weighted by atomic mass is 16.1. The van der Waals surface area contributed by atoms with Crippen molar-refractivity contribution in [1.82, 2.24) is 0 Å². The van der Waals surface area contributed by atoms with Gasteiger partial charge < -0.3 is 0 Å². The SMILES string of the molecule is CCCCCCC1(CCCCCC)c2cc(C#Cc3ccc(C(C)=O)cc3)ccc2-c2ccc(-c3cc(-c4ccc5c(c4)C(CCCCCC)(CCCCCC)c4cc(C#Cc6ccc(C(C)=O)cc6)ccc4-5)cc(-c4ccc5c(c4)C(CCCCCC)(CCCCCC)c4cc(C#Cc6ccc(C(C)=O)cc6)ccc4-5)c3)cc21. The van der Waals surface area contributed by atoms with Crippen molar-refractivity contribution in [2.75, 3.05) is 0 Å². The van der Waals surface area contributed by atoms with Gasteiger partial charge in [-0.3, -0.25) is 14.4 Å². The molecule has 0 fully saturated rings. The third-order valence-electron chi connectivity index (χ3n) is 25.7. The summed E-state index contributed by atoms with van der Waals surface area (Å²) in [6.07, 6.45) is 35.1. The van der Waals surface area contributed by atoms with Gasteiger partial charge in [-0.1, -0.05) is 322 Å². The van der Waals surface area contributed by atoms with Crippen molar-refractivity contribution in [2.45, 2.75) is 271 Å². The van der Waals surface area contributed by atoms with E-state index >= 15 is 0 Å². The van der Waals surface area contributed by atoms with E-state index in [1.54, 1.807) is 20.8 Å². The van der Waals surface area contributed by atoms with E-state index in [1.165, 1.54) is 216 Å². The summed E-state index contributed by atoms with van der Waals surface area (Å²) in [4.78, 5) is 36.9. The van der Waals surface area contributed by atoms with Crippen molar-refractivity contribution in [2.24, 2.45) is 0 Å². The highest BCUT2D eigenvalue weighted by Crippen LogP contribution is 2.59. The van der Waals surface area contributed by atoms with Gasteiger partial charge in [0.15, 0.2) is 17.3 Å². The van der Waals surface area contributed by atoms with Crippen LogP contribution < -0.4 is 0 Å². The molecule has 0 saturated heterocycles. The van der Waals surface area contributed by atoms with Gasteiger partial charge >= 0.3 is 0 Å². The number of hydrogen-bond donors (Lipinski definition) is 0. The fourth-order valence-electron chi connectivity index (χ4n) is 19.3. The molecule has 3 aliphatic carbocycles. The summed E-state index contributed by atoms with van der Waals surface area (Å²) in [6, 6.07) is 74.9. The van der Waals surface area contributed by atoms with E-state index in [4.69, 9.17) is 0 Å². The molecule has 0 radical (unpaired) electrons.